The predicted octanol–water partition coefficient (Wildman–Crippen LogP) is 8.66. The summed E-state index contributed by atoms with van der Waals surface area (Å²) in [5.41, 5.74) is 2.08. The average Bonchev–Trinajstić information content (AvgIpc) is 3.16. The molecule has 0 spiro atoms. The number of para-hydroxylation sites is 2. The zero-order valence-corrected chi connectivity index (χ0v) is 30.6. The second kappa shape index (κ2) is 18.9. The van der Waals surface area contributed by atoms with Crippen LogP contribution in [0.5, 0.6) is 11.5 Å². The number of ether oxygens (including phenoxy) is 2. The number of hydrogen-bond donors (Lipinski definition) is 6. The Morgan fingerprint density at radius 1 is 0.554 bits per heavy atom. The molecule has 6 amide bonds. The molecule has 0 fully saturated rings. The summed E-state index contributed by atoms with van der Waals surface area (Å²) in [6, 6.07) is 33.4. The van der Waals surface area contributed by atoms with Gasteiger partial charge >= 0.3 is 24.2 Å². The molecule has 5 aromatic carbocycles. The molecule has 0 heterocycles. The Morgan fingerprint density at radius 2 is 1.04 bits per heavy atom. The van der Waals surface area contributed by atoms with Gasteiger partial charge < -0.3 is 30.7 Å². The highest BCUT2D eigenvalue weighted by Crippen LogP contribution is 2.24. The van der Waals surface area contributed by atoms with Gasteiger partial charge in [0.05, 0.1) is 9.79 Å². The zero-order chi connectivity index (χ0) is 39.9. The van der Waals surface area contributed by atoms with Gasteiger partial charge in [0.1, 0.15) is 11.5 Å². The Labute approximate surface area is 322 Å². The summed E-state index contributed by atoms with van der Waals surface area (Å²) in [5, 5.41) is 15.7. The van der Waals surface area contributed by atoms with Crippen molar-refractivity contribution < 1.29 is 37.1 Å². The molecular weight excluding hydrogens is 737 g/mol. The minimum absolute atomic E-state index is 0.0225. The number of anilines is 4. The van der Waals surface area contributed by atoms with Crippen molar-refractivity contribution in [3.05, 3.63) is 170 Å². The van der Waals surface area contributed by atoms with Crippen molar-refractivity contribution >= 4 is 56.8 Å². The number of amides is 6. The van der Waals surface area contributed by atoms with E-state index in [4.69, 9.17) is 9.47 Å². The standard InChI is InChI=1S/C41H36N6O8S/c1-3-11-31(26-28(2)42-40(50)54-34-14-6-4-7-15-34)45-38(48)43-29-18-22-36(23-19-29)56(52,53)37-24-20-30(21-25-37)44-39(49)46-32-12-10-13-33(27-32)47-41(51)55-35-16-8-5-9-17-35/h3-27H,1H2,2H3,(H,42,50)(H,47,51)(H2,43,45,48)(H2,44,46,49)/b28-26+,31-11+. The van der Waals surface area contributed by atoms with Gasteiger partial charge in [-0.1, -0.05) is 55.1 Å². The number of sulfone groups is 1. The van der Waals surface area contributed by atoms with E-state index in [9.17, 15) is 27.6 Å². The van der Waals surface area contributed by atoms with Gasteiger partial charge in [-0.2, -0.15) is 0 Å². The lowest BCUT2D eigenvalue weighted by Crippen LogP contribution is -2.29. The molecule has 0 aliphatic carbocycles. The third-order valence-electron chi connectivity index (χ3n) is 7.35. The van der Waals surface area contributed by atoms with Crippen molar-refractivity contribution in [1.29, 1.82) is 0 Å². The Kier molecular flexibility index (Phi) is 13.4. The van der Waals surface area contributed by atoms with Crippen LogP contribution in [0.3, 0.4) is 0 Å². The van der Waals surface area contributed by atoms with E-state index in [1.54, 1.807) is 85.8 Å². The van der Waals surface area contributed by atoms with Crippen LogP contribution in [0.25, 0.3) is 0 Å². The molecule has 56 heavy (non-hydrogen) atoms. The molecule has 284 valence electrons. The third-order valence-corrected chi connectivity index (χ3v) is 9.13. The SMILES string of the molecule is C=C/C=C(\C=C(/C)NC(=O)Oc1ccccc1)NC(=O)Nc1ccc(S(=O)(=O)c2ccc(NC(=O)Nc3cccc(NC(=O)Oc4ccccc4)c3)cc2)cc1. The number of carbonyl (C=O) groups is 4. The number of hydrogen-bond acceptors (Lipinski definition) is 8. The maximum atomic E-state index is 13.4. The summed E-state index contributed by atoms with van der Waals surface area (Å²) in [7, 11) is -3.96. The van der Waals surface area contributed by atoms with Crippen LogP contribution < -0.4 is 41.4 Å². The van der Waals surface area contributed by atoms with E-state index in [2.05, 4.69) is 38.5 Å². The summed E-state index contributed by atoms with van der Waals surface area (Å²) in [4.78, 5) is 49.8. The summed E-state index contributed by atoms with van der Waals surface area (Å²) in [5.74, 6) is 0.739. The molecule has 0 aliphatic rings. The summed E-state index contributed by atoms with van der Waals surface area (Å²) < 4.78 is 37.1. The summed E-state index contributed by atoms with van der Waals surface area (Å²) in [6.45, 7) is 5.25. The first-order chi connectivity index (χ1) is 27.0. The van der Waals surface area contributed by atoms with E-state index >= 15 is 0 Å². The van der Waals surface area contributed by atoms with E-state index in [1.165, 1.54) is 72.8 Å². The fourth-order valence-corrected chi connectivity index (χ4v) is 6.14. The highest BCUT2D eigenvalue weighted by atomic mass is 32.2. The van der Waals surface area contributed by atoms with Gasteiger partial charge in [-0.25, -0.2) is 27.6 Å². The molecule has 0 saturated carbocycles. The topological polar surface area (TPSA) is 193 Å². The monoisotopic (exact) mass is 772 g/mol. The van der Waals surface area contributed by atoms with Gasteiger partial charge in [0.2, 0.25) is 9.84 Å². The maximum Gasteiger partial charge on any atom is 0.417 e. The van der Waals surface area contributed by atoms with E-state index < -0.39 is 34.1 Å². The Hall–Kier alpha value is -7.65. The zero-order valence-electron chi connectivity index (χ0n) is 29.8. The fraction of sp³-hybridized carbons (Fsp3) is 0.0244. The van der Waals surface area contributed by atoms with Crippen LogP contribution in [0.1, 0.15) is 6.92 Å². The molecule has 15 heteroatoms. The quantitative estimate of drug-likeness (QED) is 0.0678. The molecule has 6 N–H and O–H groups in total. The number of allylic oxidation sites excluding steroid dienone is 4. The van der Waals surface area contributed by atoms with Crippen LogP contribution in [0.15, 0.2) is 179 Å². The maximum absolute atomic E-state index is 13.4. The van der Waals surface area contributed by atoms with Crippen molar-refractivity contribution in [1.82, 2.24) is 10.6 Å². The van der Waals surface area contributed by atoms with Crippen LogP contribution in [-0.2, 0) is 9.84 Å². The smallest absolute Gasteiger partial charge is 0.410 e. The molecular formula is C41H36N6O8S. The van der Waals surface area contributed by atoms with Gasteiger partial charge in [0, 0.05) is 34.1 Å². The van der Waals surface area contributed by atoms with Crippen LogP contribution in [0, 0.1) is 0 Å². The van der Waals surface area contributed by atoms with Crippen molar-refractivity contribution in [3.8, 4) is 11.5 Å². The first-order valence-corrected chi connectivity index (χ1v) is 18.3. The molecule has 0 radical (unpaired) electrons. The van der Waals surface area contributed by atoms with Crippen LogP contribution in [0.2, 0.25) is 0 Å². The lowest BCUT2D eigenvalue weighted by molar-refractivity contribution is 0.203. The first kappa shape index (κ1) is 39.6. The molecule has 5 rings (SSSR count). The number of benzene rings is 5. The number of nitrogens with one attached hydrogen (secondary N) is 6. The minimum Gasteiger partial charge on any atom is -0.410 e. The van der Waals surface area contributed by atoms with Gasteiger partial charge in [0.25, 0.3) is 0 Å². The molecule has 5 aromatic rings. The average molecular weight is 773 g/mol. The molecule has 0 aliphatic heterocycles. The highest BCUT2D eigenvalue weighted by Gasteiger charge is 2.18. The van der Waals surface area contributed by atoms with Crippen LogP contribution >= 0.6 is 0 Å². The summed E-state index contributed by atoms with van der Waals surface area (Å²) in [6.07, 6.45) is 3.06. The second-order valence-electron chi connectivity index (χ2n) is 11.6. The lowest BCUT2D eigenvalue weighted by Gasteiger charge is -2.12. The molecule has 0 aromatic heterocycles. The van der Waals surface area contributed by atoms with Crippen molar-refractivity contribution in [3.63, 3.8) is 0 Å². The minimum atomic E-state index is -3.96. The number of rotatable bonds is 12. The third kappa shape index (κ3) is 11.9. The van der Waals surface area contributed by atoms with E-state index in [1.807, 2.05) is 0 Å². The van der Waals surface area contributed by atoms with Crippen molar-refractivity contribution in [2.75, 3.05) is 21.3 Å². The van der Waals surface area contributed by atoms with Gasteiger partial charge in [-0.05, 0) is 110 Å². The van der Waals surface area contributed by atoms with Crippen molar-refractivity contribution in [2.45, 2.75) is 16.7 Å². The van der Waals surface area contributed by atoms with E-state index in [-0.39, 0.29) is 9.79 Å². The molecule has 0 saturated heterocycles. The first-order valence-electron chi connectivity index (χ1n) is 16.8. The number of urea groups is 2. The second-order valence-corrected chi connectivity index (χ2v) is 13.6. The predicted molar refractivity (Wildman–Crippen MR) is 213 cm³/mol. The van der Waals surface area contributed by atoms with E-state index in [0.717, 1.165) is 0 Å². The summed E-state index contributed by atoms with van der Waals surface area (Å²) >= 11 is 0. The van der Waals surface area contributed by atoms with Gasteiger partial charge in [-0.15, -0.1) is 0 Å². The van der Waals surface area contributed by atoms with Crippen LogP contribution in [0.4, 0.5) is 41.9 Å². The number of carbonyl (C=O) groups excluding carboxylic acids is 4. The Bertz CT molecular complexity index is 2370. The molecule has 0 bridgehead atoms. The van der Waals surface area contributed by atoms with Crippen LogP contribution in [-0.4, -0.2) is 32.7 Å². The lowest BCUT2D eigenvalue weighted by atomic mass is 10.3. The van der Waals surface area contributed by atoms with Gasteiger partial charge in [0.15, 0.2) is 0 Å². The van der Waals surface area contributed by atoms with Gasteiger partial charge in [-0.3, -0.25) is 10.6 Å². The highest BCUT2D eigenvalue weighted by molar-refractivity contribution is 7.91. The Morgan fingerprint density at radius 3 is 1.57 bits per heavy atom. The largest absolute Gasteiger partial charge is 0.417 e. The fourth-order valence-electron chi connectivity index (χ4n) is 4.88. The molecule has 0 unspecified atom stereocenters. The molecule has 0 atom stereocenters. The van der Waals surface area contributed by atoms with E-state index in [0.29, 0.717) is 45.6 Å². The van der Waals surface area contributed by atoms with Crippen molar-refractivity contribution in [2.24, 2.45) is 0 Å². The molecule has 14 nitrogen and oxygen atoms in total. The Balaban J connectivity index is 1.12. The normalized spacial score (nSPS) is 11.3.